The molecule has 102 valence electrons. The lowest BCUT2D eigenvalue weighted by Crippen LogP contribution is -2.24. The minimum Gasteiger partial charge on any atom is -0.371 e. The summed E-state index contributed by atoms with van der Waals surface area (Å²) in [6, 6.07) is 5.52. The minimum atomic E-state index is -4.50. The second kappa shape index (κ2) is 6.47. The van der Waals surface area contributed by atoms with E-state index in [1.54, 1.807) is 12.1 Å². The summed E-state index contributed by atoms with van der Waals surface area (Å²) in [7, 11) is -4.50. The maximum absolute atomic E-state index is 12.3. The Bertz CT molecular complexity index is 476. The molecule has 1 aromatic carbocycles. The van der Waals surface area contributed by atoms with Gasteiger partial charge in [0, 0.05) is 24.1 Å². The van der Waals surface area contributed by atoms with E-state index in [0.29, 0.717) is 0 Å². The number of hydrogen-bond acceptors (Lipinski definition) is 3. The van der Waals surface area contributed by atoms with Gasteiger partial charge in [-0.15, -0.1) is 0 Å². The maximum atomic E-state index is 12.3. The number of rotatable bonds is 6. The number of sulfone groups is 1. The summed E-state index contributed by atoms with van der Waals surface area (Å²) in [5.74, 6) is -3.38. The van der Waals surface area contributed by atoms with Crippen molar-refractivity contribution < 1.29 is 17.2 Å². The molecular formula is C11H14BrF2NO2S. The molecule has 0 aliphatic carbocycles. The maximum Gasteiger partial charge on any atom is 0.341 e. The van der Waals surface area contributed by atoms with Crippen molar-refractivity contribution in [2.75, 3.05) is 23.3 Å². The van der Waals surface area contributed by atoms with Crippen LogP contribution >= 0.6 is 15.9 Å². The summed E-state index contributed by atoms with van der Waals surface area (Å²) in [6.07, 6.45) is 0. The van der Waals surface area contributed by atoms with E-state index in [4.69, 9.17) is 0 Å². The van der Waals surface area contributed by atoms with Gasteiger partial charge in [-0.1, -0.05) is 15.9 Å². The quantitative estimate of drug-likeness (QED) is 0.746. The molecule has 0 unspecified atom stereocenters. The van der Waals surface area contributed by atoms with Crippen molar-refractivity contribution in [3.63, 3.8) is 0 Å². The topological polar surface area (TPSA) is 37.4 Å². The van der Waals surface area contributed by atoms with Crippen molar-refractivity contribution in [1.29, 1.82) is 0 Å². The molecule has 0 radical (unpaired) electrons. The lowest BCUT2D eigenvalue weighted by Gasteiger charge is -2.22. The molecule has 0 amide bonds. The summed E-state index contributed by atoms with van der Waals surface area (Å²) < 4.78 is 47.2. The number of nitrogens with zero attached hydrogens (tertiary/aromatic N) is 1. The average molecular weight is 342 g/mol. The van der Waals surface area contributed by atoms with E-state index >= 15 is 0 Å². The third kappa shape index (κ3) is 3.41. The summed E-state index contributed by atoms with van der Waals surface area (Å²) in [6.45, 7) is 3.48. The Balaban J connectivity index is 2.99. The van der Waals surface area contributed by atoms with Crippen molar-refractivity contribution in [3.05, 3.63) is 24.3 Å². The predicted molar refractivity (Wildman–Crippen MR) is 71.3 cm³/mol. The largest absolute Gasteiger partial charge is 0.371 e. The molecule has 0 aliphatic heterocycles. The van der Waals surface area contributed by atoms with Crippen molar-refractivity contribution in [2.24, 2.45) is 0 Å². The van der Waals surface area contributed by atoms with Crippen molar-refractivity contribution in [2.45, 2.75) is 17.6 Å². The van der Waals surface area contributed by atoms with Gasteiger partial charge in [-0.05, 0) is 31.2 Å². The molecule has 0 spiro atoms. The van der Waals surface area contributed by atoms with Gasteiger partial charge in [0.15, 0.2) is 0 Å². The predicted octanol–water partition coefficient (Wildman–Crippen LogP) is 2.90. The van der Waals surface area contributed by atoms with Crippen molar-refractivity contribution in [1.82, 2.24) is 0 Å². The van der Waals surface area contributed by atoms with Crippen LogP contribution in [-0.4, -0.2) is 32.6 Å². The van der Waals surface area contributed by atoms with E-state index in [1.807, 2.05) is 11.8 Å². The second-order valence-corrected chi connectivity index (χ2v) is 6.28. The molecule has 7 heteroatoms. The number of benzene rings is 1. The van der Waals surface area contributed by atoms with Gasteiger partial charge in [0.1, 0.15) is 0 Å². The first-order chi connectivity index (χ1) is 8.43. The zero-order valence-corrected chi connectivity index (χ0v) is 12.2. The number of alkyl halides is 3. The Morgan fingerprint density at radius 1 is 1.28 bits per heavy atom. The number of halogens is 3. The first kappa shape index (κ1) is 15.4. The highest BCUT2D eigenvalue weighted by molar-refractivity contribution is 9.09. The molecule has 1 aromatic rings. The third-order valence-electron chi connectivity index (χ3n) is 2.50. The van der Waals surface area contributed by atoms with Crippen LogP contribution in [0.3, 0.4) is 0 Å². The van der Waals surface area contributed by atoms with Gasteiger partial charge in [0.25, 0.3) is 0 Å². The van der Waals surface area contributed by atoms with Crippen LogP contribution < -0.4 is 4.90 Å². The molecule has 0 aromatic heterocycles. The Morgan fingerprint density at radius 3 is 2.22 bits per heavy atom. The fourth-order valence-electron chi connectivity index (χ4n) is 1.52. The summed E-state index contributed by atoms with van der Waals surface area (Å²) >= 11 is 3.32. The smallest absolute Gasteiger partial charge is 0.341 e. The lowest BCUT2D eigenvalue weighted by atomic mass is 10.3. The van der Waals surface area contributed by atoms with Crippen LogP contribution in [0.1, 0.15) is 6.92 Å². The highest BCUT2D eigenvalue weighted by Crippen LogP contribution is 2.22. The first-order valence-electron chi connectivity index (χ1n) is 5.36. The fraction of sp³-hybridized carbons (Fsp3) is 0.455. The molecule has 0 atom stereocenters. The molecule has 3 nitrogen and oxygen atoms in total. The zero-order chi connectivity index (χ0) is 13.8. The first-order valence-corrected chi connectivity index (χ1v) is 8.03. The second-order valence-electron chi connectivity index (χ2n) is 3.57. The Kier molecular flexibility index (Phi) is 5.52. The molecule has 0 aliphatic rings. The number of anilines is 1. The zero-order valence-electron chi connectivity index (χ0n) is 9.81. The monoisotopic (exact) mass is 341 g/mol. The van der Waals surface area contributed by atoms with Crippen molar-refractivity contribution >= 4 is 31.5 Å². The van der Waals surface area contributed by atoms with Gasteiger partial charge in [-0.25, -0.2) is 8.42 Å². The standard InChI is InChI=1S/C11H14BrF2NO2S/c1-2-15(8-7-12)9-3-5-10(6-4-9)18(16,17)11(13)14/h3-6,11H,2,7-8H2,1H3. The van der Waals surface area contributed by atoms with E-state index in [-0.39, 0.29) is 4.90 Å². The van der Waals surface area contributed by atoms with Gasteiger partial charge in [0.05, 0.1) is 4.90 Å². The van der Waals surface area contributed by atoms with Gasteiger partial charge >= 0.3 is 5.76 Å². The van der Waals surface area contributed by atoms with Gasteiger partial charge < -0.3 is 4.90 Å². The van der Waals surface area contributed by atoms with Crippen LogP contribution in [-0.2, 0) is 9.84 Å². The minimum absolute atomic E-state index is 0.351. The van der Waals surface area contributed by atoms with Gasteiger partial charge in [-0.3, -0.25) is 0 Å². The molecule has 0 saturated heterocycles. The summed E-state index contributed by atoms with van der Waals surface area (Å²) in [4.78, 5) is 1.66. The lowest BCUT2D eigenvalue weighted by molar-refractivity contribution is 0.234. The van der Waals surface area contributed by atoms with Crippen LogP contribution in [0.25, 0.3) is 0 Å². The molecule has 0 fully saturated rings. The molecule has 0 saturated carbocycles. The highest BCUT2D eigenvalue weighted by Gasteiger charge is 2.26. The molecule has 0 bridgehead atoms. The van der Waals surface area contributed by atoms with Crippen LogP contribution in [0.15, 0.2) is 29.2 Å². The van der Waals surface area contributed by atoms with Crippen LogP contribution in [0, 0.1) is 0 Å². The van der Waals surface area contributed by atoms with E-state index in [0.717, 1.165) is 24.1 Å². The summed E-state index contributed by atoms with van der Waals surface area (Å²) in [5, 5.41) is 0.776. The van der Waals surface area contributed by atoms with E-state index in [9.17, 15) is 17.2 Å². The summed E-state index contributed by atoms with van der Waals surface area (Å²) in [5.41, 5.74) is 0.810. The fourth-order valence-corrected chi connectivity index (χ4v) is 2.67. The number of hydrogen-bond donors (Lipinski definition) is 0. The third-order valence-corrected chi connectivity index (χ3v) is 4.25. The Labute approximate surface area is 114 Å². The average Bonchev–Trinajstić information content (AvgIpc) is 2.36. The van der Waals surface area contributed by atoms with E-state index in [2.05, 4.69) is 15.9 Å². The Hall–Kier alpha value is -0.690. The van der Waals surface area contributed by atoms with Gasteiger partial charge in [-0.2, -0.15) is 8.78 Å². The van der Waals surface area contributed by atoms with Crippen LogP contribution in [0.4, 0.5) is 14.5 Å². The molecule has 18 heavy (non-hydrogen) atoms. The molecule has 1 rings (SSSR count). The van der Waals surface area contributed by atoms with Crippen LogP contribution in [0.2, 0.25) is 0 Å². The van der Waals surface area contributed by atoms with Gasteiger partial charge in [0.2, 0.25) is 9.84 Å². The molecule has 0 heterocycles. The van der Waals surface area contributed by atoms with Crippen LogP contribution in [0.5, 0.6) is 0 Å². The van der Waals surface area contributed by atoms with E-state index < -0.39 is 15.6 Å². The molecule has 0 N–H and O–H groups in total. The highest BCUT2D eigenvalue weighted by atomic mass is 79.9. The van der Waals surface area contributed by atoms with E-state index in [1.165, 1.54) is 12.1 Å². The molecular weight excluding hydrogens is 328 g/mol. The van der Waals surface area contributed by atoms with Crippen molar-refractivity contribution in [3.8, 4) is 0 Å². The SMILES string of the molecule is CCN(CCBr)c1ccc(S(=O)(=O)C(F)F)cc1. The normalized spacial score (nSPS) is 11.8. The Morgan fingerprint density at radius 2 is 1.83 bits per heavy atom.